The molecule has 0 aliphatic carbocycles. The van der Waals surface area contributed by atoms with Crippen LogP contribution >= 0.6 is 32.9 Å². The molecule has 0 spiro atoms. The molecule has 3 heteroatoms. The van der Waals surface area contributed by atoms with Crippen molar-refractivity contribution in [2.45, 2.75) is 13.3 Å². The molecule has 7 heavy (non-hydrogen) atoms. The van der Waals surface area contributed by atoms with Gasteiger partial charge in [0, 0.05) is 0 Å². The number of hydrogen-bond donors (Lipinski definition) is 0. The van der Waals surface area contributed by atoms with Crippen molar-refractivity contribution < 1.29 is 0 Å². The quantitative estimate of drug-likeness (QED) is 0.399. The van der Waals surface area contributed by atoms with Crippen LogP contribution in [-0.4, -0.2) is 5.60 Å². The van der Waals surface area contributed by atoms with Crippen molar-refractivity contribution in [2.24, 2.45) is 0 Å². The molecule has 0 N–H and O–H groups in total. The van der Waals surface area contributed by atoms with Crippen LogP contribution in [0.1, 0.15) is 13.3 Å². The molecule has 0 rings (SSSR count). The molecule has 0 saturated carbocycles. The summed E-state index contributed by atoms with van der Waals surface area (Å²) in [6.45, 7) is 2.11. The van der Waals surface area contributed by atoms with E-state index >= 15 is 0 Å². The van der Waals surface area contributed by atoms with Gasteiger partial charge in [0.1, 0.15) is 0 Å². The predicted molar refractivity (Wildman–Crippen MR) is 46.5 cm³/mol. The zero-order valence-corrected chi connectivity index (χ0v) is 8.26. The Balaban J connectivity index is 3.08. The van der Waals surface area contributed by atoms with Crippen LogP contribution in [-0.2, 0) is 0 Å². The average Bonchev–Trinajstić information content (AvgIpc) is 1.61. The summed E-state index contributed by atoms with van der Waals surface area (Å²) in [4.78, 5) is 0. The van der Waals surface area contributed by atoms with Crippen LogP contribution in [0.15, 0.2) is 11.8 Å². The van der Waals surface area contributed by atoms with E-state index in [1.807, 2.05) is 0 Å². The lowest BCUT2D eigenvalue weighted by Gasteiger charge is -1.81. The van der Waals surface area contributed by atoms with E-state index in [2.05, 4.69) is 40.5 Å². The van der Waals surface area contributed by atoms with Crippen molar-refractivity contribution in [3.05, 3.63) is 11.8 Å². The van der Waals surface area contributed by atoms with Crippen molar-refractivity contribution in [3.8, 4) is 0 Å². The van der Waals surface area contributed by atoms with Gasteiger partial charge in [-0.2, -0.15) is 11.1 Å². The smallest absolute Gasteiger partial charge is 0.152 e. The number of halogens is 2. The summed E-state index contributed by atoms with van der Waals surface area (Å²) in [5.74, 6) is 0. The zero-order chi connectivity index (χ0) is 5.70. The molecule has 0 fully saturated rings. The topological polar surface area (TPSA) is 0 Å². The molecule has 0 aromatic rings. The first-order valence-electron chi connectivity index (χ1n) is 2.22. The molecule has 0 aliphatic heterocycles. The van der Waals surface area contributed by atoms with Gasteiger partial charge in [-0.15, -0.1) is 0 Å². The third-order valence-corrected chi connectivity index (χ3v) is 2.76. The minimum absolute atomic E-state index is 0.926. The molecule has 0 saturated heterocycles. The molecule has 0 heterocycles. The highest BCUT2D eigenvalue weighted by Crippen LogP contribution is 2.00. The summed E-state index contributed by atoms with van der Waals surface area (Å²) >= 11 is 7.98. The van der Waals surface area contributed by atoms with E-state index in [0.717, 1.165) is 6.42 Å². The number of allylic oxidation sites excluding steroid dienone is 1. The molecule has 0 amide bonds. The Morgan fingerprint density at radius 2 is 2.43 bits per heavy atom. The van der Waals surface area contributed by atoms with Gasteiger partial charge >= 0.3 is 0 Å². The maximum Gasteiger partial charge on any atom is 0.229 e. The van der Waals surface area contributed by atoms with Gasteiger partial charge in [-0.05, 0) is 6.42 Å². The number of rotatable bonds is 2. The second kappa shape index (κ2) is 5.12. The van der Waals surface area contributed by atoms with Crippen molar-refractivity contribution in [1.82, 2.24) is 0 Å². The largest absolute Gasteiger partial charge is 0.229 e. The Kier molecular flexibility index (Phi) is 5.83. The highest BCUT2D eigenvalue weighted by atomic mass is 127. The van der Waals surface area contributed by atoms with Gasteiger partial charge in [0.2, 0.25) is 5.60 Å². The molecule has 0 radical (unpaired) electrons. The standard InChI is InChI=1S/C4H8ClISi/c1-2-3-4-7(5)6/h3-4,7H,2H2,1H3. The fourth-order valence-corrected chi connectivity index (χ4v) is 1.91. The van der Waals surface area contributed by atoms with E-state index < -0.39 is 5.60 Å². The summed E-state index contributed by atoms with van der Waals surface area (Å²) in [5, 5.41) is 0. The molecule has 0 aromatic heterocycles. The lowest BCUT2D eigenvalue weighted by Crippen LogP contribution is -1.80. The average molecular weight is 247 g/mol. The van der Waals surface area contributed by atoms with Crippen LogP contribution in [0.2, 0.25) is 0 Å². The van der Waals surface area contributed by atoms with Crippen LogP contribution in [0, 0.1) is 0 Å². The third-order valence-electron chi connectivity index (χ3n) is 0.517. The highest BCUT2D eigenvalue weighted by Gasteiger charge is 1.88. The number of hydrogen-bond acceptors (Lipinski definition) is 0. The normalized spacial score (nSPS) is 15.3. The second-order valence-corrected chi connectivity index (χ2v) is 9.87. The molecule has 42 valence electrons. The summed E-state index contributed by atoms with van der Waals surface area (Å²) in [5.41, 5.74) is 1.19. The van der Waals surface area contributed by atoms with Crippen LogP contribution < -0.4 is 0 Å². The van der Waals surface area contributed by atoms with Gasteiger partial charge in [-0.25, -0.2) is 0 Å². The first-order chi connectivity index (χ1) is 3.27. The minimum Gasteiger partial charge on any atom is -0.152 e. The van der Waals surface area contributed by atoms with E-state index in [1.165, 1.54) is 0 Å². The predicted octanol–water partition coefficient (Wildman–Crippen LogP) is 2.39. The van der Waals surface area contributed by atoms with Crippen molar-refractivity contribution in [3.63, 3.8) is 0 Å². The van der Waals surface area contributed by atoms with Gasteiger partial charge < -0.3 is 0 Å². The van der Waals surface area contributed by atoms with E-state index in [1.54, 1.807) is 0 Å². The molecular weight excluding hydrogens is 238 g/mol. The summed E-state index contributed by atoms with van der Waals surface area (Å²) in [6, 6.07) is 0. The molecule has 0 aliphatic rings. The third kappa shape index (κ3) is 6.98. The minimum atomic E-state index is -0.926. The van der Waals surface area contributed by atoms with Crippen LogP contribution in [0.3, 0.4) is 0 Å². The molecule has 1 unspecified atom stereocenters. The summed E-state index contributed by atoms with van der Waals surface area (Å²) in [7, 11) is 0. The van der Waals surface area contributed by atoms with E-state index in [0.29, 0.717) is 0 Å². The molecule has 0 aromatic carbocycles. The fraction of sp³-hybridized carbons (Fsp3) is 0.500. The summed E-state index contributed by atoms with van der Waals surface area (Å²) in [6.07, 6.45) is 3.23. The second-order valence-electron chi connectivity index (χ2n) is 1.17. The van der Waals surface area contributed by atoms with Crippen LogP contribution in [0.4, 0.5) is 0 Å². The molecular formula is C4H8ClISi. The van der Waals surface area contributed by atoms with Gasteiger partial charge in [-0.1, -0.05) is 40.5 Å². The lowest BCUT2D eigenvalue weighted by molar-refractivity contribution is 1.23. The van der Waals surface area contributed by atoms with Gasteiger partial charge in [-0.3, -0.25) is 0 Å². The SMILES string of the molecule is CCC=C[SiH](Cl)I. The van der Waals surface area contributed by atoms with Gasteiger partial charge in [0.15, 0.2) is 0 Å². The van der Waals surface area contributed by atoms with E-state index in [4.69, 9.17) is 11.1 Å². The molecule has 0 nitrogen and oxygen atoms in total. The summed E-state index contributed by atoms with van der Waals surface area (Å²) < 4.78 is 0. The van der Waals surface area contributed by atoms with Crippen molar-refractivity contribution >= 4 is 38.5 Å². The fourth-order valence-electron chi connectivity index (χ4n) is 0.239. The maximum atomic E-state index is 5.70. The first-order valence-corrected chi connectivity index (χ1v) is 8.80. The van der Waals surface area contributed by atoms with Crippen molar-refractivity contribution in [1.29, 1.82) is 0 Å². The zero-order valence-electron chi connectivity index (χ0n) is 4.20. The van der Waals surface area contributed by atoms with E-state index in [9.17, 15) is 0 Å². The van der Waals surface area contributed by atoms with Gasteiger partial charge in [0.25, 0.3) is 0 Å². The Labute approximate surface area is 63.5 Å². The van der Waals surface area contributed by atoms with Crippen molar-refractivity contribution in [2.75, 3.05) is 0 Å². The lowest BCUT2D eigenvalue weighted by atomic mass is 10.5. The Morgan fingerprint density at radius 3 is 2.57 bits per heavy atom. The van der Waals surface area contributed by atoms with Crippen LogP contribution in [0.5, 0.6) is 0 Å². The monoisotopic (exact) mass is 246 g/mol. The van der Waals surface area contributed by atoms with Gasteiger partial charge in [0.05, 0.1) is 0 Å². The maximum absolute atomic E-state index is 5.70. The van der Waals surface area contributed by atoms with E-state index in [-0.39, 0.29) is 0 Å². The molecule has 0 bridgehead atoms. The van der Waals surface area contributed by atoms with Crippen LogP contribution in [0.25, 0.3) is 0 Å². The Morgan fingerprint density at radius 1 is 1.86 bits per heavy atom. The molecule has 1 atom stereocenters. The Hall–Kier alpha value is 0.977. The Bertz CT molecular complexity index is 62.7. The first kappa shape index (κ1) is 7.98. The highest BCUT2D eigenvalue weighted by molar-refractivity contribution is 14.1.